The molecule has 2 rings (SSSR count). The number of carbonyl (C=O) groups excluding carboxylic acids is 2. The topological polar surface area (TPSA) is 81.4 Å². The SMILES string of the molecule is CCOC(=O)[C@H](NC(=O)CCc1nc(C)c(-c2ccccc2)o1)[C@@H](C)CC. The van der Waals surface area contributed by atoms with Gasteiger partial charge in [-0.3, -0.25) is 4.79 Å². The smallest absolute Gasteiger partial charge is 0.328 e. The molecule has 0 aliphatic carbocycles. The van der Waals surface area contributed by atoms with E-state index in [9.17, 15) is 9.59 Å². The summed E-state index contributed by atoms with van der Waals surface area (Å²) in [5.41, 5.74) is 1.75. The molecule has 2 aromatic rings. The van der Waals surface area contributed by atoms with Crippen molar-refractivity contribution in [3.63, 3.8) is 0 Å². The van der Waals surface area contributed by atoms with Crippen LogP contribution in [0, 0.1) is 12.8 Å². The average Bonchev–Trinajstić information content (AvgIpc) is 3.05. The van der Waals surface area contributed by atoms with Gasteiger partial charge in [0.25, 0.3) is 0 Å². The number of nitrogens with zero attached hydrogens (tertiary/aromatic N) is 1. The van der Waals surface area contributed by atoms with Crippen molar-refractivity contribution in [3.05, 3.63) is 41.9 Å². The maximum Gasteiger partial charge on any atom is 0.328 e. The summed E-state index contributed by atoms with van der Waals surface area (Å²) in [6.45, 7) is 7.83. The number of aryl methyl sites for hydroxylation is 2. The maximum absolute atomic E-state index is 12.3. The standard InChI is InChI=1S/C21H28N2O4/c1-5-14(3)19(21(25)26-6-2)23-17(24)12-13-18-22-15(4)20(27-18)16-10-8-7-9-11-16/h7-11,14,19H,5-6,12-13H2,1-4H3,(H,23,24)/t14-,19+/m0/s1. The number of hydrogen-bond acceptors (Lipinski definition) is 5. The zero-order chi connectivity index (χ0) is 19.8. The van der Waals surface area contributed by atoms with Gasteiger partial charge in [-0.1, -0.05) is 50.6 Å². The van der Waals surface area contributed by atoms with Crippen LogP contribution >= 0.6 is 0 Å². The number of ether oxygens (including phenoxy) is 1. The quantitative estimate of drug-likeness (QED) is 0.679. The molecule has 0 spiro atoms. The second kappa shape index (κ2) is 9.90. The third-order valence-electron chi connectivity index (χ3n) is 4.51. The highest BCUT2D eigenvalue weighted by Gasteiger charge is 2.27. The van der Waals surface area contributed by atoms with Gasteiger partial charge in [0.15, 0.2) is 11.7 Å². The number of aromatic nitrogens is 1. The lowest BCUT2D eigenvalue weighted by Gasteiger charge is -2.22. The van der Waals surface area contributed by atoms with Crippen LogP contribution in [0.25, 0.3) is 11.3 Å². The Morgan fingerprint density at radius 1 is 1.22 bits per heavy atom. The van der Waals surface area contributed by atoms with Crippen molar-refractivity contribution in [2.24, 2.45) is 5.92 Å². The molecule has 146 valence electrons. The fourth-order valence-corrected chi connectivity index (χ4v) is 2.78. The van der Waals surface area contributed by atoms with Crippen molar-refractivity contribution in [2.75, 3.05) is 6.61 Å². The van der Waals surface area contributed by atoms with Gasteiger partial charge in [0.1, 0.15) is 6.04 Å². The van der Waals surface area contributed by atoms with Crippen molar-refractivity contribution in [2.45, 2.75) is 53.0 Å². The number of carbonyl (C=O) groups is 2. The van der Waals surface area contributed by atoms with E-state index in [1.54, 1.807) is 6.92 Å². The minimum atomic E-state index is -0.631. The molecule has 0 aliphatic heterocycles. The molecule has 1 amide bonds. The first-order valence-corrected chi connectivity index (χ1v) is 9.43. The summed E-state index contributed by atoms with van der Waals surface area (Å²) >= 11 is 0. The number of rotatable bonds is 9. The number of esters is 1. The molecule has 6 heteroatoms. The molecule has 1 N–H and O–H groups in total. The van der Waals surface area contributed by atoms with Gasteiger partial charge >= 0.3 is 5.97 Å². The van der Waals surface area contributed by atoms with E-state index in [1.165, 1.54) is 0 Å². The lowest BCUT2D eigenvalue weighted by atomic mass is 9.99. The zero-order valence-electron chi connectivity index (χ0n) is 16.5. The summed E-state index contributed by atoms with van der Waals surface area (Å²) in [5, 5.41) is 2.79. The zero-order valence-corrected chi connectivity index (χ0v) is 16.5. The Labute approximate surface area is 160 Å². The number of oxazole rings is 1. The van der Waals surface area contributed by atoms with Crippen LogP contribution in [0.4, 0.5) is 0 Å². The van der Waals surface area contributed by atoms with Crippen molar-refractivity contribution in [1.29, 1.82) is 0 Å². The Morgan fingerprint density at radius 3 is 2.56 bits per heavy atom. The van der Waals surface area contributed by atoms with Gasteiger partial charge < -0.3 is 14.5 Å². The lowest BCUT2D eigenvalue weighted by molar-refractivity contribution is -0.149. The van der Waals surface area contributed by atoms with E-state index in [0.717, 1.165) is 23.4 Å². The van der Waals surface area contributed by atoms with E-state index in [4.69, 9.17) is 9.15 Å². The number of nitrogens with one attached hydrogen (secondary N) is 1. The summed E-state index contributed by atoms with van der Waals surface area (Å²) in [5.74, 6) is 0.624. The van der Waals surface area contributed by atoms with Crippen LogP contribution in [0.2, 0.25) is 0 Å². The van der Waals surface area contributed by atoms with Crippen LogP contribution in [0.3, 0.4) is 0 Å². The molecule has 2 atom stereocenters. The van der Waals surface area contributed by atoms with E-state index in [1.807, 2.05) is 51.1 Å². The van der Waals surface area contributed by atoms with Gasteiger partial charge in [-0.2, -0.15) is 0 Å². The molecule has 0 saturated carbocycles. The van der Waals surface area contributed by atoms with Gasteiger partial charge in [0.2, 0.25) is 5.91 Å². The summed E-state index contributed by atoms with van der Waals surface area (Å²) in [6, 6.07) is 9.11. The van der Waals surface area contributed by atoms with E-state index in [0.29, 0.717) is 18.9 Å². The second-order valence-electron chi connectivity index (χ2n) is 6.57. The van der Waals surface area contributed by atoms with Gasteiger partial charge in [0.05, 0.1) is 12.3 Å². The van der Waals surface area contributed by atoms with Crippen LogP contribution in [0.15, 0.2) is 34.7 Å². The van der Waals surface area contributed by atoms with E-state index < -0.39 is 12.0 Å². The first kappa shape index (κ1) is 20.7. The van der Waals surface area contributed by atoms with Gasteiger partial charge in [-0.15, -0.1) is 0 Å². The molecule has 27 heavy (non-hydrogen) atoms. The van der Waals surface area contributed by atoms with Crippen LogP contribution in [-0.2, 0) is 20.7 Å². The first-order chi connectivity index (χ1) is 13.0. The monoisotopic (exact) mass is 372 g/mol. The summed E-state index contributed by atoms with van der Waals surface area (Å²) in [7, 11) is 0. The minimum Gasteiger partial charge on any atom is -0.464 e. The molecule has 0 radical (unpaired) electrons. The Bertz CT molecular complexity index is 755. The van der Waals surface area contributed by atoms with E-state index in [2.05, 4.69) is 10.3 Å². The molecule has 0 bridgehead atoms. The molecule has 0 unspecified atom stereocenters. The summed E-state index contributed by atoms with van der Waals surface area (Å²) in [6.07, 6.45) is 1.33. The van der Waals surface area contributed by atoms with Crippen LogP contribution in [-0.4, -0.2) is 29.5 Å². The highest BCUT2D eigenvalue weighted by atomic mass is 16.5. The normalized spacial score (nSPS) is 13.0. The predicted octanol–water partition coefficient (Wildman–Crippen LogP) is 3.68. The van der Waals surface area contributed by atoms with Gasteiger partial charge in [0, 0.05) is 18.4 Å². The van der Waals surface area contributed by atoms with Crippen LogP contribution in [0.1, 0.15) is 45.2 Å². The highest BCUT2D eigenvalue weighted by Crippen LogP contribution is 2.24. The largest absolute Gasteiger partial charge is 0.464 e. The Balaban J connectivity index is 1.97. The molecular formula is C21H28N2O4. The third kappa shape index (κ3) is 5.67. The highest BCUT2D eigenvalue weighted by molar-refractivity contribution is 5.84. The molecule has 1 heterocycles. The Morgan fingerprint density at radius 2 is 1.93 bits per heavy atom. The number of hydrogen-bond donors (Lipinski definition) is 1. The Kier molecular flexibility index (Phi) is 7.58. The molecule has 1 aromatic heterocycles. The summed E-state index contributed by atoms with van der Waals surface area (Å²) < 4.78 is 10.9. The van der Waals surface area contributed by atoms with Crippen molar-refractivity contribution in [1.82, 2.24) is 10.3 Å². The van der Waals surface area contributed by atoms with Crippen molar-refractivity contribution < 1.29 is 18.7 Å². The predicted molar refractivity (Wildman–Crippen MR) is 103 cm³/mol. The van der Waals surface area contributed by atoms with Gasteiger partial charge in [-0.25, -0.2) is 9.78 Å². The first-order valence-electron chi connectivity index (χ1n) is 9.43. The average molecular weight is 372 g/mol. The minimum absolute atomic E-state index is 0.00154. The fraction of sp³-hybridized carbons (Fsp3) is 0.476. The molecular weight excluding hydrogens is 344 g/mol. The molecule has 6 nitrogen and oxygen atoms in total. The summed E-state index contributed by atoms with van der Waals surface area (Å²) in [4.78, 5) is 28.8. The van der Waals surface area contributed by atoms with E-state index >= 15 is 0 Å². The van der Waals surface area contributed by atoms with Crippen molar-refractivity contribution in [3.8, 4) is 11.3 Å². The second-order valence-corrected chi connectivity index (χ2v) is 6.57. The Hall–Kier alpha value is -2.63. The van der Waals surface area contributed by atoms with Crippen LogP contribution in [0.5, 0.6) is 0 Å². The van der Waals surface area contributed by atoms with Crippen molar-refractivity contribution >= 4 is 11.9 Å². The fourth-order valence-electron chi connectivity index (χ4n) is 2.78. The molecule has 0 fully saturated rings. The molecule has 0 saturated heterocycles. The third-order valence-corrected chi connectivity index (χ3v) is 4.51. The maximum atomic E-state index is 12.3. The van der Waals surface area contributed by atoms with Gasteiger partial charge in [-0.05, 0) is 19.8 Å². The van der Waals surface area contributed by atoms with Crippen LogP contribution < -0.4 is 5.32 Å². The lowest BCUT2D eigenvalue weighted by Crippen LogP contribution is -2.46. The molecule has 0 aliphatic rings. The van der Waals surface area contributed by atoms with E-state index in [-0.39, 0.29) is 18.2 Å². The number of benzene rings is 1. The number of amides is 1. The molecule has 1 aromatic carbocycles.